The van der Waals surface area contributed by atoms with Gasteiger partial charge in [0.05, 0.1) is 7.11 Å². The predicted molar refractivity (Wildman–Crippen MR) is 80.1 cm³/mol. The molecule has 0 radical (unpaired) electrons. The van der Waals surface area contributed by atoms with Crippen LogP contribution in [-0.2, 0) is 11.3 Å². The third kappa shape index (κ3) is 3.06. The molecule has 0 unspecified atom stereocenters. The molecular weight excluding hydrogens is 352 g/mol. The summed E-state index contributed by atoms with van der Waals surface area (Å²) in [5.41, 5.74) is 0.865. The van der Waals surface area contributed by atoms with E-state index in [1.54, 1.807) is 12.1 Å². The molecule has 0 amide bonds. The molecule has 0 saturated carbocycles. The van der Waals surface area contributed by atoms with Gasteiger partial charge >= 0.3 is 5.97 Å². The van der Waals surface area contributed by atoms with E-state index >= 15 is 0 Å². The van der Waals surface area contributed by atoms with Gasteiger partial charge in [0, 0.05) is 10.0 Å². The van der Waals surface area contributed by atoms with E-state index in [0.717, 1.165) is 10.0 Å². The van der Waals surface area contributed by atoms with Crippen LogP contribution in [0.2, 0.25) is 0 Å². The minimum absolute atomic E-state index is 0.144. The molecule has 3 rings (SSSR count). The van der Waals surface area contributed by atoms with Crippen LogP contribution in [0.3, 0.4) is 0 Å². The lowest BCUT2D eigenvalue weighted by molar-refractivity contribution is 0.0562. The Hall–Kier alpha value is -2.48. The Labute approximate surface area is 134 Å². The average molecular weight is 363 g/mol. The molecule has 0 aliphatic carbocycles. The Balaban J connectivity index is 1.75. The Kier molecular flexibility index (Phi) is 4.01. The molecule has 0 spiro atoms. The minimum Gasteiger partial charge on any atom is -0.463 e. The van der Waals surface area contributed by atoms with E-state index < -0.39 is 5.97 Å². The summed E-state index contributed by atoms with van der Waals surface area (Å²) in [6.07, 6.45) is 0. The summed E-state index contributed by atoms with van der Waals surface area (Å²) in [6, 6.07) is 10.8. The number of esters is 1. The van der Waals surface area contributed by atoms with Crippen LogP contribution in [0.1, 0.15) is 16.3 Å². The normalized spacial score (nSPS) is 10.6. The average Bonchev–Trinajstić information content (AvgIpc) is 3.17. The van der Waals surface area contributed by atoms with Crippen LogP contribution in [0.5, 0.6) is 0 Å². The summed E-state index contributed by atoms with van der Waals surface area (Å²) in [5.74, 6) is 0.687. The van der Waals surface area contributed by atoms with E-state index in [0.29, 0.717) is 11.6 Å². The summed E-state index contributed by atoms with van der Waals surface area (Å²) in [5, 5.41) is 12.3. The topological polar surface area (TPSA) is 83.0 Å². The molecule has 0 aliphatic heterocycles. The molecule has 8 heteroatoms. The monoisotopic (exact) mass is 362 g/mol. The van der Waals surface area contributed by atoms with E-state index in [4.69, 9.17) is 4.42 Å². The van der Waals surface area contributed by atoms with Crippen molar-refractivity contribution in [1.82, 2.24) is 20.2 Å². The number of halogens is 1. The van der Waals surface area contributed by atoms with Gasteiger partial charge in [-0.15, -0.1) is 10.2 Å². The first-order chi connectivity index (χ1) is 10.7. The molecule has 0 aliphatic rings. The van der Waals surface area contributed by atoms with Crippen molar-refractivity contribution in [3.63, 3.8) is 0 Å². The maximum Gasteiger partial charge on any atom is 0.373 e. The van der Waals surface area contributed by atoms with Gasteiger partial charge < -0.3 is 9.15 Å². The van der Waals surface area contributed by atoms with Crippen LogP contribution < -0.4 is 0 Å². The number of carbonyl (C=O) groups is 1. The summed E-state index contributed by atoms with van der Waals surface area (Å²) < 4.78 is 10.9. The molecule has 2 heterocycles. The second-order valence-electron chi connectivity index (χ2n) is 4.41. The smallest absolute Gasteiger partial charge is 0.373 e. The van der Waals surface area contributed by atoms with E-state index in [-0.39, 0.29) is 12.3 Å². The number of furan rings is 1. The lowest BCUT2D eigenvalue weighted by Crippen LogP contribution is -2.03. The number of nitrogens with zero attached hydrogens (tertiary/aromatic N) is 4. The molecule has 22 heavy (non-hydrogen) atoms. The third-order valence-corrected chi connectivity index (χ3v) is 3.43. The van der Waals surface area contributed by atoms with Crippen molar-refractivity contribution in [1.29, 1.82) is 0 Å². The lowest BCUT2D eigenvalue weighted by atomic mass is 10.2. The fourth-order valence-corrected chi connectivity index (χ4v) is 2.10. The second-order valence-corrected chi connectivity index (χ2v) is 5.32. The summed E-state index contributed by atoms with van der Waals surface area (Å²) >= 11 is 3.38. The van der Waals surface area contributed by atoms with Crippen LogP contribution in [0.15, 0.2) is 45.3 Å². The number of ether oxygens (including phenoxy) is 1. The van der Waals surface area contributed by atoms with Crippen molar-refractivity contribution in [2.24, 2.45) is 0 Å². The number of benzene rings is 1. The zero-order valence-corrected chi connectivity index (χ0v) is 13.1. The van der Waals surface area contributed by atoms with Gasteiger partial charge in [0.15, 0.2) is 0 Å². The fourth-order valence-electron chi connectivity index (χ4n) is 1.84. The molecule has 0 saturated heterocycles. The van der Waals surface area contributed by atoms with Crippen molar-refractivity contribution in [2.75, 3.05) is 7.11 Å². The molecule has 0 fully saturated rings. The van der Waals surface area contributed by atoms with Gasteiger partial charge in [-0.1, -0.05) is 15.9 Å². The van der Waals surface area contributed by atoms with Gasteiger partial charge in [-0.3, -0.25) is 0 Å². The van der Waals surface area contributed by atoms with E-state index in [2.05, 4.69) is 36.1 Å². The standard InChI is InChI=1S/C14H11BrN4O3/c1-21-14(20)12-7-6-11(22-12)8-19-17-13(16-18-19)9-2-4-10(15)5-3-9/h2-7H,8H2,1H3. The molecule has 3 aromatic rings. The molecule has 2 aromatic heterocycles. The summed E-state index contributed by atoms with van der Waals surface area (Å²) in [7, 11) is 1.30. The number of tetrazole rings is 1. The number of methoxy groups -OCH3 is 1. The molecule has 1 aromatic carbocycles. The largest absolute Gasteiger partial charge is 0.463 e. The first-order valence-electron chi connectivity index (χ1n) is 6.36. The quantitative estimate of drug-likeness (QED) is 0.663. The lowest BCUT2D eigenvalue weighted by Gasteiger charge is -1.96. The van der Waals surface area contributed by atoms with Crippen LogP contribution in [0, 0.1) is 0 Å². The molecule has 0 N–H and O–H groups in total. The van der Waals surface area contributed by atoms with Crippen LogP contribution in [-0.4, -0.2) is 33.3 Å². The molecule has 0 atom stereocenters. The number of carbonyl (C=O) groups excluding carboxylic acids is 1. The SMILES string of the molecule is COC(=O)c1ccc(Cn2nnc(-c3ccc(Br)cc3)n2)o1. The van der Waals surface area contributed by atoms with Crippen LogP contribution >= 0.6 is 15.9 Å². The Morgan fingerprint density at radius 2 is 2.05 bits per heavy atom. The molecule has 0 bridgehead atoms. The Bertz CT molecular complexity index is 795. The molecule has 112 valence electrons. The summed E-state index contributed by atoms with van der Waals surface area (Å²) in [4.78, 5) is 12.7. The fraction of sp³-hybridized carbons (Fsp3) is 0.143. The third-order valence-electron chi connectivity index (χ3n) is 2.90. The zero-order chi connectivity index (χ0) is 15.5. The number of hydrogen-bond donors (Lipinski definition) is 0. The highest BCUT2D eigenvalue weighted by molar-refractivity contribution is 9.10. The Morgan fingerprint density at radius 1 is 1.27 bits per heavy atom. The van der Waals surface area contributed by atoms with Gasteiger partial charge in [0.1, 0.15) is 12.3 Å². The number of aromatic nitrogens is 4. The van der Waals surface area contributed by atoms with Crippen molar-refractivity contribution in [2.45, 2.75) is 6.54 Å². The first kappa shape index (κ1) is 14.5. The Morgan fingerprint density at radius 3 is 2.77 bits per heavy atom. The van der Waals surface area contributed by atoms with Crippen LogP contribution in [0.25, 0.3) is 11.4 Å². The summed E-state index contributed by atoms with van der Waals surface area (Å²) in [6.45, 7) is 0.278. The maximum absolute atomic E-state index is 11.3. The van der Waals surface area contributed by atoms with E-state index in [9.17, 15) is 4.79 Å². The van der Waals surface area contributed by atoms with Crippen molar-refractivity contribution in [3.8, 4) is 11.4 Å². The second kappa shape index (κ2) is 6.10. The highest BCUT2D eigenvalue weighted by Crippen LogP contribution is 2.17. The van der Waals surface area contributed by atoms with Gasteiger partial charge in [-0.2, -0.15) is 4.80 Å². The van der Waals surface area contributed by atoms with Gasteiger partial charge in [-0.05, 0) is 41.6 Å². The van der Waals surface area contributed by atoms with Gasteiger partial charge in [0.2, 0.25) is 11.6 Å². The maximum atomic E-state index is 11.3. The molecular formula is C14H11BrN4O3. The van der Waals surface area contributed by atoms with Crippen LogP contribution in [0.4, 0.5) is 0 Å². The number of rotatable bonds is 4. The van der Waals surface area contributed by atoms with E-state index in [1.165, 1.54) is 11.9 Å². The highest BCUT2D eigenvalue weighted by Gasteiger charge is 2.12. The minimum atomic E-state index is -0.520. The predicted octanol–water partition coefficient (Wildman–Crippen LogP) is 2.53. The van der Waals surface area contributed by atoms with Crippen molar-refractivity contribution < 1.29 is 13.9 Å². The van der Waals surface area contributed by atoms with E-state index in [1.807, 2.05) is 24.3 Å². The van der Waals surface area contributed by atoms with Gasteiger partial charge in [0.25, 0.3) is 0 Å². The van der Waals surface area contributed by atoms with Gasteiger partial charge in [-0.25, -0.2) is 4.79 Å². The molecule has 7 nitrogen and oxygen atoms in total. The zero-order valence-electron chi connectivity index (χ0n) is 11.6. The van der Waals surface area contributed by atoms with Crippen molar-refractivity contribution in [3.05, 3.63) is 52.4 Å². The highest BCUT2D eigenvalue weighted by atomic mass is 79.9. The van der Waals surface area contributed by atoms with Crippen molar-refractivity contribution >= 4 is 21.9 Å². The number of hydrogen-bond acceptors (Lipinski definition) is 6. The first-order valence-corrected chi connectivity index (χ1v) is 7.16.